The Hall–Kier alpha value is -1.93. The first kappa shape index (κ1) is 14.5. The highest BCUT2D eigenvalue weighted by molar-refractivity contribution is 5.71. The molecule has 0 spiro atoms. The largest absolute Gasteiger partial charge is 0.465 e. The quantitative estimate of drug-likeness (QED) is 0.748. The molecule has 0 saturated heterocycles. The highest BCUT2D eigenvalue weighted by Crippen LogP contribution is 2.28. The van der Waals surface area contributed by atoms with Gasteiger partial charge in [-0.25, -0.2) is 4.39 Å². The summed E-state index contributed by atoms with van der Waals surface area (Å²) in [6.45, 7) is 2.65. The Kier molecular flexibility index (Phi) is 4.70. The summed E-state index contributed by atoms with van der Waals surface area (Å²) in [5.41, 5.74) is 0.801. The number of hydrogen-bond acceptors (Lipinski definition) is 4. The normalized spacial score (nSPS) is 14.1. The number of nitrogens with zero attached hydrogens (tertiary/aromatic N) is 2. The fraction of sp³-hybridized carbons (Fsp3) is 0.467. The van der Waals surface area contributed by atoms with Gasteiger partial charge in [-0.15, -0.1) is 0 Å². The molecule has 0 aromatic heterocycles. The maximum Gasteiger partial charge on any atom is 0.320 e. The molecule has 0 amide bonds. The molecule has 0 heterocycles. The monoisotopic (exact) mass is 276 g/mol. The number of nitriles is 1. The average Bonchev–Trinajstić information content (AvgIpc) is 3.24. The molecule has 0 atom stereocenters. The lowest BCUT2D eigenvalue weighted by Crippen LogP contribution is -2.32. The van der Waals surface area contributed by atoms with Crippen LogP contribution in [0.3, 0.4) is 0 Å². The molecule has 1 aromatic carbocycles. The minimum Gasteiger partial charge on any atom is -0.465 e. The van der Waals surface area contributed by atoms with Gasteiger partial charge in [-0.2, -0.15) is 5.26 Å². The summed E-state index contributed by atoms with van der Waals surface area (Å²) >= 11 is 0. The van der Waals surface area contributed by atoms with Crippen LogP contribution in [0.25, 0.3) is 0 Å². The second-order valence-electron chi connectivity index (χ2n) is 4.86. The van der Waals surface area contributed by atoms with E-state index in [4.69, 9.17) is 10.00 Å². The smallest absolute Gasteiger partial charge is 0.320 e. The number of ether oxygens (including phenoxy) is 1. The van der Waals surface area contributed by atoms with E-state index < -0.39 is 5.82 Å². The van der Waals surface area contributed by atoms with Gasteiger partial charge < -0.3 is 4.74 Å². The molecule has 1 aliphatic rings. The molecule has 1 aromatic rings. The highest BCUT2D eigenvalue weighted by Gasteiger charge is 2.31. The SMILES string of the molecule is CCOC(=O)CN(Cc1ccc(C#N)cc1F)C1CC1. The number of rotatable bonds is 6. The maximum absolute atomic E-state index is 13.9. The third-order valence-electron chi connectivity index (χ3n) is 3.26. The van der Waals surface area contributed by atoms with Crippen LogP contribution in [-0.4, -0.2) is 30.1 Å². The number of benzene rings is 1. The molecule has 106 valence electrons. The lowest BCUT2D eigenvalue weighted by atomic mass is 10.1. The van der Waals surface area contributed by atoms with Crippen molar-refractivity contribution >= 4 is 5.97 Å². The fourth-order valence-electron chi connectivity index (χ4n) is 2.09. The van der Waals surface area contributed by atoms with Crippen molar-refractivity contribution in [1.82, 2.24) is 4.90 Å². The zero-order valence-electron chi connectivity index (χ0n) is 11.4. The maximum atomic E-state index is 13.9. The molecule has 0 bridgehead atoms. The summed E-state index contributed by atoms with van der Waals surface area (Å²) in [5.74, 6) is -0.688. The molecule has 1 saturated carbocycles. The van der Waals surface area contributed by atoms with Crippen molar-refractivity contribution in [2.24, 2.45) is 0 Å². The van der Waals surface area contributed by atoms with E-state index in [9.17, 15) is 9.18 Å². The summed E-state index contributed by atoms with van der Waals surface area (Å²) in [6, 6.07) is 6.66. The van der Waals surface area contributed by atoms with Crippen LogP contribution < -0.4 is 0 Å². The van der Waals surface area contributed by atoms with Crippen LogP contribution in [0.4, 0.5) is 4.39 Å². The number of carbonyl (C=O) groups excluding carboxylic acids is 1. The van der Waals surface area contributed by atoms with E-state index in [0.29, 0.717) is 30.3 Å². The van der Waals surface area contributed by atoms with Crippen LogP contribution in [0, 0.1) is 17.1 Å². The van der Waals surface area contributed by atoms with Gasteiger partial charge in [0.1, 0.15) is 5.82 Å². The van der Waals surface area contributed by atoms with Crippen molar-refractivity contribution in [3.8, 4) is 6.07 Å². The van der Waals surface area contributed by atoms with Gasteiger partial charge in [-0.3, -0.25) is 9.69 Å². The van der Waals surface area contributed by atoms with E-state index in [-0.39, 0.29) is 12.5 Å². The minimum atomic E-state index is -0.404. The van der Waals surface area contributed by atoms with E-state index in [1.165, 1.54) is 6.07 Å². The number of hydrogen-bond donors (Lipinski definition) is 0. The lowest BCUT2D eigenvalue weighted by Gasteiger charge is -2.21. The second kappa shape index (κ2) is 6.49. The summed E-state index contributed by atoms with van der Waals surface area (Å²) in [4.78, 5) is 13.5. The van der Waals surface area contributed by atoms with E-state index >= 15 is 0 Å². The van der Waals surface area contributed by atoms with E-state index in [1.807, 2.05) is 11.0 Å². The van der Waals surface area contributed by atoms with Crippen LogP contribution in [0.15, 0.2) is 18.2 Å². The van der Waals surface area contributed by atoms with Gasteiger partial charge in [0.25, 0.3) is 0 Å². The molecule has 2 rings (SSSR count). The summed E-state index contributed by atoms with van der Waals surface area (Å²) in [7, 11) is 0. The van der Waals surface area contributed by atoms with Gasteiger partial charge in [0.05, 0.1) is 24.8 Å². The van der Waals surface area contributed by atoms with Gasteiger partial charge in [0.2, 0.25) is 0 Å². The Bertz CT molecular complexity index is 535. The lowest BCUT2D eigenvalue weighted by molar-refractivity contribution is -0.144. The van der Waals surface area contributed by atoms with Gasteiger partial charge in [-0.1, -0.05) is 6.07 Å². The van der Waals surface area contributed by atoms with Crippen LogP contribution in [-0.2, 0) is 16.1 Å². The van der Waals surface area contributed by atoms with Crippen molar-refractivity contribution in [2.75, 3.05) is 13.2 Å². The Morgan fingerprint density at radius 1 is 1.55 bits per heavy atom. The summed E-state index contributed by atoms with van der Waals surface area (Å²) in [6.07, 6.45) is 2.05. The third-order valence-corrected chi connectivity index (χ3v) is 3.26. The van der Waals surface area contributed by atoms with Crippen LogP contribution in [0.2, 0.25) is 0 Å². The zero-order chi connectivity index (χ0) is 14.5. The van der Waals surface area contributed by atoms with Crippen molar-refractivity contribution in [3.63, 3.8) is 0 Å². The number of esters is 1. The Labute approximate surface area is 117 Å². The van der Waals surface area contributed by atoms with E-state index in [1.54, 1.807) is 19.1 Å². The first-order chi connectivity index (χ1) is 9.63. The molecule has 5 heteroatoms. The molecule has 1 fully saturated rings. The first-order valence-electron chi connectivity index (χ1n) is 6.72. The highest BCUT2D eigenvalue weighted by atomic mass is 19.1. The molecular formula is C15H17FN2O2. The zero-order valence-corrected chi connectivity index (χ0v) is 11.4. The average molecular weight is 276 g/mol. The molecule has 0 aliphatic heterocycles. The van der Waals surface area contributed by atoms with Crippen molar-refractivity contribution < 1.29 is 13.9 Å². The number of carbonyl (C=O) groups is 1. The van der Waals surface area contributed by atoms with Gasteiger partial charge in [0.15, 0.2) is 0 Å². The van der Waals surface area contributed by atoms with Crippen LogP contribution in [0.1, 0.15) is 30.9 Å². The predicted molar refractivity (Wildman–Crippen MR) is 71.2 cm³/mol. The minimum absolute atomic E-state index is 0.179. The fourth-order valence-corrected chi connectivity index (χ4v) is 2.09. The predicted octanol–water partition coefficient (Wildman–Crippen LogP) is 2.22. The molecule has 0 N–H and O–H groups in total. The van der Waals surface area contributed by atoms with Crippen molar-refractivity contribution in [3.05, 3.63) is 35.1 Å². The van der Waals surface area contributed by atoms with Crippen molar-refractivity contribution in [2.45, 2.75) is 32.4 Å². The first-order valence-corrected chi connectivity index (χ1v) is 6.72. The molecule has 20 heavy (non-hydrogen) atoms. The van der Waals surface area contributed by atoms with Crippen LogP contribution in [0.5, 0.6) is 0 Å². The molecule has 4 nitrogen and oxygen atoms in total. The van der Waals surface area contributed by atoms with Crippen molar-refractivity contribution in [1.29, 1.82) is 5.26 Å². The summed E-state index contributed by atoms with van der Waals surface area (Å²) in [5, 5.41) is 8.72. The standard InChI is InChI=1S/C15H17FN2O2/c1-2-20-15(19)10-18(13-5-6-13)9-12-4-3-11(8-17)7-14(12)16/h3-4,7,13H,2,5-6,9-10H2,1H3. The summed E-state index contributed by atoms with van der Waals surface area (Å²) < 4.78 is 18.8. The Balaban J connectivity index is 2.05. The molecule has 1 aliphatic carbocycles. The topological polar surface area (TPSA) is 53.3 Å². The Morgan fingerprint density at radius 3 is 2.85 bits per heavy atom. The Morgan fingerprint density at radius 2 is 2.30 bits per heavy atom. The number of halogens is 1. The molecule has 0 radical (unpaired) electrons. The third kappa shape index (κ3) is 3.78. The van der Waals surface area contributed by atoms with E-state index in [0.717, 1.165) is 12.8 Å². The van der Waals surface area contributed by atoms with E-state index in [2.05, 4.69) is 0 Å². The second-order valence-corrected chi connectivity index (χ2v) is 4.86. The van der Waals surface area contributed by atoms with Gasteiger partial charge in [-0.05, 0) is 31.9 Å². The molecular weight excluding hydrogens is 259 g/mol. The molecule has 0 unspecified atom stereocenters. The van der Waals surface area contributed by atoms with Gasteiger partial charge >= 0.3 is 5.97 Å². The van der Waals surface area contributed by atoms with Crippen LogP contribution >= 0.6 is 0 Å². The van der Waals surface area contributed by atoms with Gasteiger partial charge in [0, 0.05) is 18.2 Å².